The quantitative estimate of drug-likeness (QED) is 0.557. The Balaban J connectivity index is 2.08. The fraction of sp³-hybridized carbons (Fsp3) is 0.625. The summed E-state index contributed by atoms with van der Waals surface area (Å²) >= 11 is 0. The molecule has 1 aromatic carbocycles. The summed E-state index contributed by atoms with van der Waals surface area (Å²) in [6.45, 7) is 7.84. The monoisotopic (exact) mass is 291 g/mol. The Hall–Kier alpha value is -1.62. The van der Waals surface area contributed by atoms with Crippen molar-refractivity contribution in [3.05, 3.63) is 33.9 Å². The second kappa shape index (κ2) is 7.41. The minimum Gasteiger partial charge on any atom is -0.380 e. The fourth-order valence-electron chi connectivity index (χ4n) is 2.47. The standard InChI is InChI=1S/C16H25N3O2/c1-3-9-17-15-8-7-14(10-16(15)19(20)21)12-18(4-2)11-13-5-6-13/h7-8,10,13,17H,3-6,9,11-12H2,1-2H3. The molecule has 0 radical (unpaired) electrons. The largest absolute Gasteiger partial charge is 0.380 e. The summed E-state index contributed by atoms with van der Waals surface area (Å²) in [6, 6.07) is 5.56. The topological polar surface area (TPSA) is 58.4 Å². The Kier molecular flexibility index (Phi) is 5.56. The van der Waals surface area contributed by atoms with Gasteiger partial charge in [0.1, 0.15) is 5.69 Å². The predicted octanol–water partition coefficient (Wildman–Crippen LogP) is 3.65. The van der Waals surface area contributed by atoms with E-state index < -0.39 is 0 Å². The van der Waals surface area contributed by atoms with Crippen molar-refractivity contribution in [2.24, 2.45) is 5.92 Å². The number of nitrogens with one attached hydrogen (secondary N) is 1. The second-order valence-corrected chi connectivity index (χ2v) is 5.81. The number of anilines is 1. The highest BCUT2D eigenvalue weighted by Gasteiger charge is 2.24. The smallest absolute Gasteiger partial charge is 0.292 e. The molecule has 0 aliphatic heterocycles. The Bertz CT molecular complexity index is 486. The van der Waals surface area contributed by atoms with E-state index in [9.17, 15) is 10.1 Å². The molecule has 0 unspecified atom stereocenters. The van der Waals surface area contributed by atoms with E-state index in [1.807, 2.05) is 19.1 Å². The second-order valence-electron chi connectivity index (χ2n) is 5.81. The van der Waals surface area contributed by atoms with E-state index in [-0.39, 0.29) is 10.6 Å². The first-order valence-corrected chi connectivity index (χ1v) is 7.87. The molecule has 0 spiro atoms. The molecule has 5 nitrogen and oxygen atoms in total. The zero-order chi connectivity index (χ0) is 15.2. The van der Waals surface area contributed by atoms with E-state index in [1.165, 1.54) is 12.8 Å². The Morgan fingerprint density at radius 1 is 1.38 bits per heavy atom. The highest BCUT2D eigenvalue weighted by Crippen LogP contribution is 2.31. The van der Waals surface area contributed by atoms with Gasteiger partial charge < -0.3 is 5.32 Å². The molecule has 1 fully saturated rings. The van der Waals surface area contributed by atoms with Gasteiger partial charge in [-0.3, -0.25) is 15.0 Å². The van der Waals surface area contributed by atoms with Gasteiger partial charge in [-0.25, -0.2) is 0 Å². The van der Waals surface area contributed by atoms with Crippen molar-refractivity contribution in [2.75, 3.05) is 25.0 Å². The molecule has 2 rings (SSSR count). The SMILES string of the molecule is CCCNc1ccc(CN(CC)CC2CC2)cc1[N+](=O)[O-]. The van der Waals surface area contributed by atoms with Gasteiger partial charge in [0.2, 0.25) is 0 Å². The average Bonchev–Trinajstić information content (AvgIpc) is 3.28. The van der Waals surface area contributed by atoms with Crippen LogP contribution in [0.2, 0.25) is 0 Å². The van der Waals surface area contributed by atoms with E-state index in [0.717, 1.165) is 44.1 Å². The van der Waals surface area contributed by atoms with Crippen LogP contribution in [-0.2, 0) is 6.54 Å². The van der Waals surface area contributed by atoms with Crippen molar-refractivity contribution in [2.45, 2.75) is 39.7 Å². The zero-order valence-electron chi connectivity index (χ0n) is 13.0. The Morgan fingerprint density at radius 3 is 2.71 bits per heavy atom. The third-order valence-electron chi connectivity index (χ3n) is 3.89. The fourth-order valence-corrected chi connectivity index (χ4v) is 2.47. The summed E-state index contributed by atoms with van der Waals surface area (Å²) in [7, 11) is 0. The number of rotatable bonds is 9. The van der Waals surface area contributed by atoms with E-state index >= 15 is 0 Å². The highest BCUT2D eigenvalue weighted by molar-refractivity contribution is 5.62. The summed E-state index contributed by atoms with van der Waals surface area (Å²) < 4.78 is 0. The molecule has 1 saturated carbocycles. The van der Waals surface area contributed by atoms with E-state index in [4.69, 9.17) is 0 Å². The van der Waals surface area contributed by atoms with Crippen molar-refractivity contribution < 1.29 is 4.92 Å². The average molecular weight is 291 g/mol. The van der Waals surface area contributed by atoms with Gasteiger partial charge >= 0.3 is 0 Å². The van der Waals surface area contributed by atoms with Crippen LogP contribution in [0, 0.1) is 16.0 Å². The Morgan fingerprint density at radius 2 is 2.14 bits per heavy atom. The van der Waals surface area contributed by atoms with Crippen LogP contribution in [0.3, 0.4) is 0 Å². The first-order valence-electron chi connectivity index (χ1n) is 7.87. The first kappa shape index (κ1) is 15.8. The van der Waals surface area contributed by atoms with Gasteiger partial charge in [-0.15, -0.1) is 0 Å². The number of hydrogen-bond acceptors (Lipinski definition) is 4. The number of nitro benzene ring substituents is 1. The summed E-state index contributed by atoms with van der Waals surface area (Å²) in [5, 5.41) is 14.4. The van der Waals surface area contributed by atoms with Gasteiger partial charge in [-0.05, 0) is 43.4 Å². The van der Waals surface area contributed by atoms with Crippen LogP contribution >= 0.6 is 0 Å². The number of benzene rings is 1. The molecule has 0 heterocycles. The van der Waals surface area contributed by atoms with Gasteiger partial charge in [0, 0.05) is 25.7 Å². The summed E-state index contributed by atoms with van der Waals surface area (Å²) in [5.41, 5.74) is 1.82. The van der Waals surface area contributed by atoms with Crippen LogP contribution < -0.4 is 5.32 Å². The number of nitrogens with zero attached hydrogens (tertiary/aromatic N) is 2. The molecule has 1 aliphatic rings. The van der Waals surface area contributed by atoms with Crippen LogP contribution in [0.1, 0.15) is 38.7 Å². The normalized spacial score (nSPS) is 14.4. The molecule has 1 N–H and O–H groups in total. The van der Waals surface area contributed by atoms with Crippen LogP contribution in [0.25, 0.3) is 0 Å². The molecule has 1 aliphatic carbocycles. The van der Waals surface area contributed by atoms with Gasteiger partial charge in [-0.1, -0.05) is 19.9 Å². The first-order chi connectivity index (χ1) is 10.1. The molecule has 0 bridgehead atoms. The van der Waals surface area contributed by atoms with Crippen molar-refractivity contribution >= 4 is 11.4 Å². The third-order valence-corrected chi connectivity index (χ3v) is 3.89. The van der Waals surface area contributed by atoms with Gasteiger partial charge in [-0.2, -0.15) is 0 Å². The molecule has 21 heavy (non-hydrogen) atoms. The summed E-state index contributed by atoms with van der Waals surface area (Å²) in [5.74, 6) is 0.838. The number of nitro groups is 1. The lowest BCUT2D eigenvalue weighted by molar-refractivity contribution is -0.384. The molecule has 0 atom stereocenters. The van der Waals surface area contributed by atoms with Crippen LogP contribution in [0.15, 0.2) is 18.2 Å². The lowest BCUT2D eigenvalue weighted by Crippen LogP contribution is -2.25. The lowest BCUT2D eigenvalue weighted by atomic mass is 10.1. The van der Waals surface area contributed by atoms with Crippen LogP contribution in [0.4, 0.5) is 11.4 Å². The maximum Gasteiger partial charge on any atom is 0.292 e. The summed E-state index contributed by atoms with van der Waals surface area (Å²) in [4.78, 5) is 13.3. The van der Waals surface area contributed by atoms with E-state index in [0.29, 0.717) is 5.69 Å². The van der Waals surface area contributed by atoms with Gasteiger partial charge in [0.05, 0.1) is 4.92 Å². The minimum absolute atomic E-state index is 0.184. The predicted molar refractivity (Wildman–Crippen MR) is 85.6 cm³/mol. The summed E-state index contributed by atoms with van der Waals surface area (Å²) in [6.07, 6.45) is 3.61. The molecular weight excluding hydrogens is 266 g/mol. The molecular formula is C16H25N3O2. The molecule has 116 valence electrons. The van der Waals surface area contributed by atoms with E-state index in [2.05, 4.69) is 17.1 Å². The molecule has 0 saturated heterocycles. The maximum absolute atomic E-state index is 11.2. The zero-order valence-corrected chi connectivity index (χ0v) is 13.0. The van der Waals surface area contributed by atoms with Crippen molar-refractivity contribution in [1.82, 2.24) is 4.90 Å². The number of hydrogen-bond donors (Lipinski definition) is 1. The van der Waals surface area contributed by atoms with Crippen molar-refractivity contribution in [1.29, 1.82) is 0 Å². The van der Waals surface area contributed by atoms with Gasteiger partial charge in [0.15, 0.2) is 0 Å². The van der Waals surface area contributed by atoms with Gasteiger partial charge in [0.25, 0.3) is 5.69 Å². The maximum atomic E-state index is 11.2. The lowest BCUT2D eigenvalue weighted by Gasteiger charge is -2.20. The van der Waals surface area contributed by atoms with Crippen LogP contribution in [-0.4, -0.2) is 29.5 Å². The molecule has 0 amide bonds. The molecule has 5 heteroatoms. The van der Waals surface area contributed by atoms with Crippen molar-refractivity contribution in [3.8, 4) is 0 Å². The molecule has 1 aromatic rings. The van der Waals surface area contributed by atoms with Crippen molar-refractivity contribution in [3.63, 3.8) is 0 Å². The minimum atomic E-state index is -0.293. The van der Waals surface area contributed by atoms with E-state index in [1.54, 1.807) is 6.07 Å². The molecule has 0 aromatic heterocycles. The van der Waals surface area contributed by atoms with Crippen LogP contribution in [0.5, 0.6) is 0 Å². The third kappa shape index (κ3) is 4.70. The Labute approximate surface area is 126 Å². The highest BCUT2D eigenvalue weighted by atomic mass is 16.6.